The number of carbonyl (C=O) groups is 1. The summed E-state index contributed by atoms with van der Waals surface area (Å²) in [5, 5.41) is 2.85. The molecule has 1 aromatic heterocycles. The maximum Gasteiger partial charge on any atom is 0.416 e. The maximum absolute atomic E-state index is 14.7. The molecule has 206 valence electrons. The molecule has 0 radical (unpaired) electrons. The van der Waals surface area contributed by atoms with Crippen LogP contribution in [0.2, 0.25) is 0 Å². The zero-order valence-electron chi connectivity index (χ0n) is 21.7. The maximum atomic E-state index is 14.7. The lowest BCUT2D eigenvalue weighted by Gasteiger charge is -2.14. The molecule has 0 spiro atoms. The summed E-state index contributed by atoms with van der Waals surface area (Å²) in [6.07, 6.45) is 0.370. The summed E-state index contributed by atoms with van der Waals surface area (Å²) in [7, 11) is 0. The first kappa shape index (κ1) is 27.5. The van der Waals surface area contributed by atoms with E-state index in [4.69, 9.17) is 0 Å². The van der Waals surface area contributed by atoms with Crippen molar-refractivity contribution in [1.82, 2.24) is 14.9 Å². The Morgan fingerprint density at radius 3 is 2.48 bits per heavy atom. The van der Waals surface area contributed by atoms with Crippen LogP contribution < -0.4 is 5.32 Å². The van der Waals surface area contributed by atoms with Gasteiger partial charge in [0.15, 0.2) is 0 Å². The highest BCUT2D eigenvalue weighted by molar-refractivity contribution is 6.04. The molecule has 1 N–H and O–H groups in total. The van der Waals surface area contributed by atoms with Crippen LogP contribution >= 0.6 is 0 Å². The van der Waals surface area contributed by atoms with Gasteiger partial charge < -0.3 is 10.2 Å². The van der Waals surface area contributed by atoms with Gasteiger partial charge in [-0.25, -0.2) is 14.4 Å². The molecule has 1 fully saturated rings. The fourth-order valence-electron chi connectivity index (χ4n) is 4.77. The van der Waals surface area contributed by atoms with Crippen molar-refractivity contribution in [2.75, 3.05) is 25.0 Å². The Balaban J connectivity index is 1.26. The average molecular weight is 549 g/mol. The van der Waals surface area contributed by atoms with Gasteiger partial charge >= 0.3 is 6.18 Å². The molecule has 0 bridgehead atoms. The normalized spacial score (nSPS) is 13.9. The highest BCUT2D eigenvalue weighted by Crippen LogP contribution is 2.31. The predicted molar refractivity (Wildman–Crippen MR) is 145 cm³/mol. The quantitative estimate of drug-likeness (QED) is 0.247. The van der Waals surface area contributed by atoms with Gasteiger partial charge in [0.05, 0.1) is 11.3 Å². The third-order valence-electron chi connectivity index (χ3n) is 6.97. The summed E-state index contributed by atoms with van der Waals surface area (Å²) in [4.78, 5) is 23.9. The first-order valence-corrected chi connectivity index (χ1v) is 13.2. The second-order valence-electron chi connectivity index (χ2n) is 9.87. The summed E-state index contributed by atoms with van der Waals surface area (Å²) in [5.74, 6) is -0.701. The molecule has 9 heteroatoms. The average Bonchev–Trinajstić information content (AvgIpc) is 3.47. The van der Waals surface area contributed by atoms with E-state index in [1.807, 2.05) is 24.3 Å². The third-order valence-corrected chi connectivity index (χ3v) is 6.97. The Morgan fingerprint density at radius 2 is 1.73 bits per heavy atom. The predicted octanol–water partition coefficient (Wildman–Crippen LogP) is 6.78. The molecule has 0 atom stereocenters. The first-order valence-electron chi connectivity index (χ1n) is 13.2. The number of alkyl halides is 3. The molecule has 0 unspecified atom stereocenters. The van der Waals surface area contributed by atoms with E-state index in [0.717, 1.165) is 38.2 Å². The lowest BCUT2D eigenvalue weighted by atomic mass is 10.1. The van der Waals surface area contributed by atoms with Gasteiger partial charge in [-0.3, -0.25) is 4.79 Å². The van der Waals surface area contributed by atoms with Crippen molar-refractivity contribution >= 4 is 11.6 Å². The largest absolute Gasteiger partial charge is 0.416 e. The van der Waals surface area contributed by atoms with Gasteiger partial charge in [0.2, 0.25) is 0 Å². The Hall–Kier alpha value is -4.11. The Bertz CT molecular complexity index is 1480. The van der Waals surface area contributed by atoms with Crippen molar-refractivity contribution in [2.24, 2.45) is 0 Å². The van der Waals surface area contributed by atoms with E-state index in [2.05, 4.69) is 20.2 Å². The summed E-state index contributed by atoms with van der Waals surface area (Å²) in [5.41, 5.74) is 2.07. The van der Waals surface area contributed by atoms with E-state index in [-0.39, 0.29) is 40.5 Å². The molecule has 5 nitrogen and oxygen atoms in total. The van der Waals surface area contributed by atoms with Gasteiger partial charge in [0.1, 0.15) is 11.6 Å². The van der Waals surface area contributed by atoms with Crippen LogP contribution in [0, 0.1) is 5.82 Å². The molecule has 5 rings (SSSR count). The van der Waals surface area contributed by atoms with E-state index in [1.165, 1.54) is 61.0 Å². The molecular formula is C31H28F4N4O. The van der Waals surface area contributed by atoms with Gasteiger partial charge in [-0.1, -0.05) is 24.3 Å². The lowest BCUT2D eigenvalue weighted by Crippen LogP contribution is -2.21. The minimum atomic E-state index is -4.48. The first-order chi connectivity index (χ1) is 19.2. The SMILES string of the molecule is O=C(Nc1ccc(CCN2CCCC2)cc1)c1ccc(F)c(Cc2nccc(-c3cccc(C(F)(F)F)c3)n2)c1. The zero-order valence-corrected chi connectivity index (χ0v) is 21.7. The van der Waals surface area contributed by atoms with Crippen molar-refractivity contribution < 1.29 is 22.4 Å². The smallest absolute Gasteiger partial charge is 0.322 e. The number of amides is 1. The Kier molecular flexibility index (Phi) is 8.21. The molecule has 3 aromatic carbocycles. The molecule has 40 heavy (non-hydrogen) atoms. The molecule has 4 aromatic rings. The van der Waals surface area contributed by atoms with Gasteiger partial charge in [-0.2, -0.15) is 13.2 Å². The monoisotopic (exact) mass is 548 g/mol. The van der Waals surface area contributed by atoms with Crippen molar-refractivity contribution in [1.29, 1.82) is 0 Å². The number of benzene rings is 3. The number of carbonyl (C=O) groups excluding carboxylic acids is 1. The molecule has 0 saturated carbocycles. The summed E-state index contributed by atoms with van der Waals surface area (Å²) in [6, 6.07) is 18.1. The molecule has 1 aliphatic heterocycles. The number of rotatable bonds is 8. The molecular weight excluding hydrogens is 520 g/mol. The van der Waals surface area contributed by atoms with Crippen LogP contribution in [0.1, 0.15) is 45.7 Å². The van der Waals surface area contributed by atoms with Crippen molar-refractivity contribution in [3.8, 4) is 11.3 Å². The Labute approximate surface area is 229 Å². The second kappa shape index (κ2) is 12.0. The number of halogens is 4. The van der Waals surface area contributed by atoms with E-state index in [0.29, 0.717) is 5.69 Å². The van der Waals surface area contributed by atoms with Crippen LogP contribution in [0.5, 0.6) is 0 Å². The van der Waals surface area contributed by atoms with Crippen LogP contribution in [0.3, 0.4) is 0 Å². The Morgan fingerprint density at radius 1 is 0.950 bits per heavy atom. The fraction of sp³-hybridized carbons (Fsp3) is 0.258. The molecule has 0 aliphatic carbocycles. The molecule has 2 heterocycles. The summed E-state index contributed by atoms with van der Waals surface area (Å²) < 4.78 is 54.1. The fourth-order valence-corrected chi connectivity index (χ4v) is 4.77. The van der Waals surface area contributed by atoms with Crippen LogP contribution in [0.4, 0.5) is 23.2 Å². The number of likely N-dealkylation sites (tertiary alicyclic amines) is 1. The minimum Gasteiger partial charge on any atom is -0.322 e. The topological polar surface area (TPSA) is 58.1 Å². The zero-order chi connectivity index (χ0) is 28.1. The van der Waals surface area contributed by atoms with E-state index < -0.39 is 17.6 Å². The van der Waals surface area contributed by atoms with Gasteiger partial charge in [-0.05, 0) is 92.0 Å². The highest BCUT2D eigenvalue weighted by Gasteiger charge is 2.30. The summed E-state index contributed by atoms with van der Waals surface area (Å²) in [6.45, 7) is 3.33. The van der Waals surface area contributed by atoms with Crippen molar-refractivity contribution in [3.63, 3.8) is 0 Å². The highest BCUT2D eigenvalue weighted by atomic mass is 19.4. The molecule has 1 aliphatic rings. The number of anilines is 1. The molecule has 1 amide bonds. The van der Waals surface area contributed by atoms with Crippen molar-refractivity contribution in [3.05, 3.63) is 113 Å². The van der Waals surface area contributed by atoms with E-state index >= 15 is 0 Å². The minimum absolute atomic E-state index is 0.0362. The lowest BCUT2D eigenvalue weighted by molar-refractivity contribution is -0.137. The van der Waals surface area contributed by atoms with Gasteiger partial charge in [0, 0.05) is 36.0 Å². The number of hydrogen-bond acceptors (Lipinski definition) is 4. The second-order valence-corrected chi connectivity index (χ2v) is 9.87. The third kappa shape index (κ3) is 6.90. The van der Waals surface area contributed by atoms with Gasteiger partial charge in [0.25, 0.3) is 5.91 Å². The number of aromatic nitrogens is 2. The summed E-state index contributed by atoms with van der Waals surface area (Å²) >= 11 is 0. The number of hydrogen-bond donors (Lipinski definition) is 1. The van der Waals surface area contributed by atoms with Crippen LogP contribution in [-0.2, 0) is 19.0 Å². The van der Waals surface area contributed by atoms with Crippen LogP contribution in [0.15, 0.2) is 79.0 Å². The number of nitrogens with one attached hydrogen (secondary N) is 1. The van der Waals surface area contributed by atoms with Crippen LogP contribution in [0.25, 0.3) is 11.3 Å². The van der Waals surface area contributed by atoms with E-state index in [1.54, 1.807) is 0 Å². The number of nitrogens with zero attached hydrogens (tertiary/aromatic N) is 3. The van der Waals surface area contributed by atoms with Gasteiger partial charge in [-0.15, -0.1) is 0 Å². The standard InChI is InChI=1S/C31H28F4N4O/c32-27-11-8-23(30(40)37-26-9-6-21(7-10-26)13-17-39-15-1-2-16-39)18-24(27)20-29-36-14-12-28(38-29)22-4-3-5-25(19-22)31(33,34)35/h3-12,14,18-19H,1-2,13,15-17,20H2,(H,37,40). The van der Waals surface area contributed by atoms with E-state index in [9.17, 15) is 22.4 Å². The van der Waals surface area contributed by atoms with Crippen molar-refractivity contribution in [2.45, 2.75) is 31.9 Å². The van der Waals surface area contributed by atoms with Crippen LogP contribution in [-0.4, -0.2) is 40.4 Å². The molecule has 1 saturated heterocycles.